The molecule has 0 radical (unpaired) electrons. The molecule has 0 unspecified atom stereocenters. The molecule has 0 bridgehead atoms. The van der Waals surface area contributed by atoms with Crippen LogP contribution in [0, 0.1) is 0 Å². The lowest BCUT2D eigenvalue weighted by molar-refractivity contribution is 0.311. The van der Waals surface area contributed by atoms with Gasteiger partial charge in [-0.3, -0.25) is 0 Å². The fourth-order valence-electron chi connectivity index (χ4n) is 2.52. The lowest BCUT2D eigenvalue weighted by Gasteiger charge is -2.11. The van der Waals surface area contributed by atoms with Gasteiger partial charge < -0.3 is 15.7 Å². The molecule has 3 N–H and O–H groups in total. The van der Waals surface area contributed by atoms with Gasteiger partial charge in [-0.2, -0.15) is 4.98 Å². The second-order valence-corrected chi connectivity index (χ2v) is 5.64. The van der Waals surface area contributed by atoms with E-state index in [0.29, 0.717) is 12.5 Å². The highest BCUT2D eigenvalue weighted by Gasteiger charge is 2.06. The summed E-state index contributed by atoms with van der Waals surface area (Å²) in [6.45, 7) is 1.24. The van der Waals surface area contributed by atoms with Crippen LogP contribution >= 0.6 is 0 Å². The first-order valence-corrected chi connectivity index (χ1v) is 8.42. The largest absolute Gasteiger partial charge is 0.395 e. The number of aromatic nitrogens is 2. The molecule has 3 aromatic rings. The van der Waals surface area contributed by atoms with Gasteiger partial charge in [-0.25, -0.2) is 4.98 Å². The highest BCUT2D eigenvalue weighted by atomic mass is 16.3. The molecule has 0 saturated carbocycles. The molecule has 0 saturated heterocycles. The normalized spacial score (nSPS) is 10.4. The fourth-order valence-corrected chi connectivity index (χ4v) is 2.52. The van der Waals surface area contributed by atoms with E-state index in [9.17, 15) is 0 Å². The van der Waals surface area contributed by atoms with Crippen LogP contribution in [0.5, 0.6) is 0 Å². The average molecular weight is 334 g/mol. The Balaban J connectivity index is 1.75. The predicted molar refractivity (Wildman–Crippen MR) is 102 cm³/mol. The molecule has 2 aromatic carbocycles. The van der Waals surface area contributed by atoms with Crippen LogP contribution in [-0.2, 0) is 6.42 Å². The number of benzene rings is 2. The maximum atomic E-state index is 9.02. The van der Waals surface area contributed by atoms with E-state index in [1.54, 1.807) is 0 Å². The zero-order valence-electron chi connectivity index (χ0n) is 14.0. The first kappa shape index (κ1) is 16.9. The summed E-state index contributed by atoms with van der Waals surface area (Å²) in [6, 6.07) is 22.3. The number of hydrogen-bond acceptors (Lipinski definition) is 5. The number of aliphatic hydroxyl groups is 1. The predicted octanol–water partition coefficient (Wildman–Crippen LogP) is 3.20. The van der Waals surface area contributed by atoms with Crippen LogP contribution in [0.3, 0.4) is 0 Å². The minimum absolute atomic E-state index is 0.0374. The van der Waals surface area contributed by atoms with Crippen LogP contribution in [0.25, 0.3) is 11.3 Å². The summed E-state index contributed by atoms with van der Waals surface area (Å²) < 4.78 is 0. The second-order valence-electron chi connectivity index (χ2n) is 5.64. The third-order valence-electron chi connectivity index (χ3n) is 3.75. The monoisotopic (exact) mass is 334 g/mol. The zero-order chi connectivity index (χ0) is 17.3. The molecule has 0 aliphatic heterocycles. The van der Waals surface area contributed by atoms with Crippen LogP contribution in [0.15, 0.2) is 66.7 Å². The molecule has 0 aliphatic carbocycles. The Morgan fingerprint density at radius 1 is 0.800 bits per heavy atom. The molecule has 0 spiro atoms. The SMILES string of the molecule is OCCNc1nc(NCCc2ccccc2)cc(-c2ccccc2)n1. The van der Waals surface area contributed by atoms with Crippen LogP contribution in [0.4, 0.5) is 11.8 Å². The smallest absolute Gasteiger partial charge is 0.225 e. The lowest BCUT2D eigenvalue weighted by atomic mass is 10.1. The topological polar surface area (TPSA) is 70.1 Å². The number of nitrogens with one attached hydrogen (secondary N) is 2. The van der Waals surface area contributed by atoms with Crippen molar-refractivity contribution in [3.63, 3.8) is 0 Å². The third-order valence-corrected chi connectivity index (χ3v) is 3.75. The molecule has 3 rings (SSSR count). The Bertz CT molecular complexity index is 778. The highest BCUT2D eigenvalue weighted by Crippen LogP contribution is 2.21. The third kappa shape index (κ3) is 5.02. The summed E-state index contributed by atoms with van der Waals surface area (Å²) in [5.41, 5.74) is 3.16. The van der Waals surface area contributed by atoms with E-state index in [2.05, 4.69) is 32.7 Å². The molecule has 0 aliphatic rings. The molecule has 0 atom stereocenters. The van der Waals surface area contributed by atoms with Crippen molar-refractivity contribution in [2.45, 2.75) is 6.42 Å². The second kappa shape index (κ2) is 8.80. The van der Waals surface area contributed by atoms with Gasteiger partial charge in [-0.1, -0.05) is 60.7 Å². The Hall–Kier alpha value is -2.92. The average Bonchev–Trinajstić information content (AvgIpc) is 2.68. The van der Waals surface area contributed by atoms with E-state index in [4.69, 9.17) is 5.11 Å². The first-order valence-electron chi connectivity index (χ1n) is 8.42. The van der Waals surface area contributed by atoms with Gasteiger partial charge in [0.25, 0.3) is 0 Å². The molecular formula is C20H22N4O. The van der Waals surface area contributed by atoms with Gasteiger partial charge in [0.05, 0.1) is 12.3 Å². The van der Waals surface area contributed by atoms with Crippen molar-refractivity contribution in [3.05, 3.63) is 72.3 Å². The first-order chi connectivity index (χ1) is 12.3. The summed E-state index contributed by atoms with van der Waals surface area (Å²) >= 11 is 0. The van der Waals surface area contributed by atoms with E-state index in [0.717, 1.165) is 30.0 Å². The summed E-state index contributed by atoms with van der Waals surface area (Å²) in [7, 11) is 0. The molecule has 5 nitrogen and oxygen atoms in total. The van der Waals surface area contributed by atoms with Crippen molar-refractivity contribution >= 4 is 11.8 Å². The summed E-state index contributed by atoms with van der Waals surface area (Å²) in [5.74, 6) is 1.28. The molecule has 1 heterocycles. The van der Waals surface area contributed by atoms with Gasteiger partial charge in [0.2, 0.25) is 5.95 Å². The summed E-state index contributed by atoms with van der Waals surface area (Å²) in [5, 5.41) is 15.4. The Labute approximate surface area is 147 Å². The Morgan fingerprint density at radius 3 is 2.24 bits per heavy atom. The molecule has 25 heavy (non-hydrogen) atoms. The Kier molecular flexibility index (Phi) is 5.96. The standard InChI is InChI=1S/C20H22N4O/c25-14-13-22-20-23-18(17-9-5-2-6-10-17)15-19(24-20)21-12-11-16-7-3-1-4-8-16/h1-10,15,25H,11-14H2,(H2,21,22,23,24). The minimum Gasteiger partial charge on any atom is -0.395 e. The molecule has 1 aromatic heterocycles. The molecule has 5 heteroatoms. The van der Waals surface area contributed by atoms with Crippen LogP contribution in [0.1, 0.15) is 5.56 Å². The summed E-state index contributed by atoms with van der Waals surface area (Å²) in [4.78, 5) is 9.02. The molecular weight excluding hydrogens is 312 g/mol. The molecule has 0 fully saturated rings. The van der Waals surface area contributed by atoms with E-state index in [1.165, 1.54) is 5.56 Å². The number of nitrogens with zero attached hydrogens (tertiary/aromatic N) is 2. The maximum Gasteiger partial charge on any atom is 0.225 e. The lowest BCUT2D eigenvalue weighted by Crippen LogP contribution is -2.12. The van der Waals surface area contributed by atoms with E-state index >= 15 is 0 Å². The fraction of sp³-hybridized carbons (Fsp3) is 0.200. The Morgan fingerprint density at radius 2 is 1.52 bits per heavy atom. The highest BCUT2D eigenvalue weighted by molar-refractivity contribution is 5.64. The van der Waals surface area contributed by atoms with Gasteiger partial charge in [-0.15, -0.1) is 0 Å². The van der Waals surface area contributed by atoms with Crippen molar-refractivity contribution in [1.82, 2.24) is 9.97 Å². The van der Waals surface area contributed by atoms with Crippen LogP contribution in [-0.4, -0.2) is 34.8 Å². The summed E-state index contributed by atoms with van der Waals surface area (Å²) in [6.07, 6.45) is 0.922. The zero-order valence-corrected chi connectivity index (χ0v) is 14.0. The minimum atomic E-state index is 0.0374. The number of aliphatic hydroxyl groups excluding tert-OH is 1. The van der Waals surface area contributed by atoms with Crippen molar-refractivity contribution in [3.8, 4) is 11.3 Å². The molecule has 128 valence electrons. The van der Waals surface area contributed by atoms with Crippen LogP contribution < -0.4 is 10.6 Å². The van der Waals surface area contributed by atoms with E-state index < -0.39 is 0 Å². The van der Waals surface area contributed by atoms with Crippen molar-refractivity contribution in [1.29, 1.82) is 0 Å². The van der Waals surface area contributed by atoms with Gasteiger partial charge >= 0.3 is 0 Å². The molecule has 0 amide bonds. The number of hydrogen-bond donors (Lipinski definition) is 3. The maximum absolute atomic E-state index is 9.02. The van der Waals surface area contributed by atoms with E-state index in [1.807, 2.05) is 54.6 Å². The number of anilines is 2. The van der Waals surface area contributed by atoms with Gasteiger partial charge in [0.15, 0.2) is 0 Å². The van der Waals surface area contributed by atoms with Gasteiger partial charge in [0, 0.05) is 24.7 Å². The van der Waals surface area contributed by atoms with Gasteiger partial charge in [0.1, 0.15) is 5.82 Å². The van der Waals surface area contributed by atoms with Crippen LogP contribution in [0.2, 0.25) is 0 Å². The van der Waals surface area contributed by atoms with Crippen molar-refractivity contribution in [2.24, 2.45) is 0 Å². The quantitative estimate of drug-likeness (QED) is 0.590. The van der Waals surface area contributed by atoms with Gasteiger partial charge in [-0.05, 0) is 12.0 Å². The number of rotatable bonds is 8. The van der Waals surface area contributed by atoms with E-state index in [-0.39, 0.29) is 6.61 Å². The van der Waals surface area contributed by atoms with Crippen molar-refractivity contribution < 1.29 is 5.11 Å². The van der Waals surface area contributed by atoms with Crippen molar-refractivity contribution in [2.75, 3.05) is 30.3 Å².